The summed E-state index contributed by atoms with van der Waals surface area (Å²) in [6.07, 6.45) is 4.18. The largest absolute Gasteiger partial charge is 0.378 e. The fourth-order valence-corrected chi connectivity index (χ4v) is 6.17. The monoisotopic (exact) mass is 546 g/mol. The molecular formula is C26H34FN7O3S. The summed E-state index contributed by atoms with van der Waals surface area (Å²) in [5, 5.41) is 5.09. The second-order valence-corrected chi connectivity index (χ2v) is 12.6. The molecule has 5 heterocycles. The average molecular weight is 547 g/mol. The van der Waals surface area contributed by atoms with Crippen LogP contribution in [0.1, 0.15) is 35.9 Å². The number of fused-ring (bicyclic) bond motifs is 1. The molecule has 2 saturated heterocycles. The second-order valence-electron chi connectivity index (χ2n) is 10.4. The number of hydrogen-bond acceptors (Lipinski definition) is 10. The number of methoxy groups -OCH3 is 1. The first-order chi connectivity index (χ1) is 19.3. The number of anilines is 4. The highest BCUT2D eigenvalue weighted by atomic mass is 32.2. The Labute approximate surface area is 226 Å². The maximum Gasteiger partial charge on any atom is 0.227 e. The van der Waals surface area contributed by atoms with Crippen molar-refractivity contribution in [3.05, 3.63) is 36.3 Å². The number of nitrogens with zero attached hydrogens (tertiary/aromatic N) is 6. The molecule has 0 amide bonds. The zero-order valence-electron chi connectivity index (χ0n) is 24.6. The SMILES string of the molecule is [2H]C([2H])([2H])O[C@@H]1CCN(c2nccc(Nc3cc4c(C(C)C)cnc(N5CC(CS(C)(=O)=O)C5)c4cn3)n2)C[C@@H]1F. The fraction of sp³-hybridized carbons (Fsp3) is 0.538. The summed E-state index contributed by atoms with van der Waals surface area (Å²) in [6, 6.07) is 3.64. The number of pyridine rings is 2. The Bertz CT molecular complexity index is 1520. The van der Waals surface area contributed by atoms with E-state index in [2.05, 4.69) is 39.0 Å². The van der Waals surface area contributed by atoms with E-state index in [0.29, 0.717) is 37.2 Å². The van der Waals surface area contributed by atoms with Crippen LogP contribution in [-0.2, 0) is 14.6 Å². The minimum atomic E-state index is -3.03. The van der Waals surface area contributed by atoms with Crippen LogP contribution in [0.2, 0.25) is 0 Å². The first-order valence-electron chi connectivity index (χ1n) is 14.1. The highest BCUT2D eigenvalue weighted by Crippen LogP contribution is 2.35. The molecular weight excluding hydrogens is 509 g/mol. The predicted octanol–water partition coefficient (Wildman–Crippen LogP) is 3.33. The molecule has 0 saturated carbocycles. The molecule has 0 aliphatic carbocycles. The Morgan fingerprint density at radius 1 is 1.16 bits per heavy atom. The van der Waals surface area contributed by atoms with Crippen LogP contribution in [0.4, 0.5) is 27.8 Å². The van der Waals surface area contributed by atoms with Gasteiger partial charge in [-0.25, -0.2) is 27.8 Å². The van der Waals surface area contributed by atoms with Gasteiger partial charge >= 0.3 is 0 Å². The highest BCUT2D eigenvalue weighted by Gasteiger charge is 2.32. The van der Waals surface area contributed by atoms with Crippen molar-refractivity contribution in [3.8, 4) is 0 Å². The number of halogens is 1. The lowest BCUT2D eigenvalue weighted by molar-refractivity contribution is 0.0194. The van der Waals surface area contributed by atoms with Crippen molar-refractivity contribution >= 4 is 44.0 Å². The summed E-state index contributed by atoms with van der Waals surface area (Å²) in [5.74, 6) is 2.60. The minimum absolute atomic E-state index is 0.0759. The molecule has 10 nitrogen and oxygen atoms in total. The van der Waals surface area contributed by atoms with Crippen molar-refractivity contribution in [1.82, 2.24) is 19.9 Å². The fourth-order valence-electron chi connectivity index (χ4n) is 5.10. The Morgan fingerprint density at radius 2 is 1.97 bits per heavy atom. The molecule has 0 aromatic carbocycles. The number of ether oxygens (including phenoxy) is 1. The summed E-state index contributed by atoms with van der Waals surface area (Å²) >= 11 is 0. The van der Waals surface area contributed by atoms with E-state index in [-0.39, 0.29) is 30.6 Å². The number of sulfone groups is 1. The van der Waals surface area contributed by atoms with Crippen LogP contribution >= 0.6 is 0 Å². The van der Waals surface area contributed by atoms with Crippen molar-refractivity contribution in [2.45, 2.75) is 38.5 Å². The number of aromatic nitrogens is 4. The molecule has 3 aromatic rings. The van der Waals surface area contributed by atoms with Crippen molar-refractivity contribution in [2.75, 3.05) is 60.3 Å². The van der Waals surface area contributed by atoms with E-state index in [1.54, 1.807) is 23.4 Å². The minimum Gasteiger partial charge on any atom is -0.378 e. The van der Waals surface area contributed by atoms with Gasteiger partial charge in [0.05, 0.1) is 22.5 Å². The van der Waals surface area contributed by atoms with Crippen LogP contribution < -0.4 is 15.1 Å². The molecule has 5 rings (SSSR count). The van der Waals surface area contributed by atoms with Gasteiger partial charge in [0.25, 0.3) is 0 Å². The third kappa shape index (κ3) is 5.65. The van der Waals surface area contributed by atoms with E-state index < -0.39 is 29.2 Å². The molecule has 38 heavy (non-hydrogen) atoms. The van der Waals surface area contributed by atoms with Crippen LogP contribution in [0.15, 0.2) is 30.7 Å². The maximum atomic E-state index is 14.7. The van der Waals surface area contributed by atoms with Gasteiger partial charge in [0.1, 0.15) is 33.5 Å². The molecule has 2 aliphatic rings. The molecule has 0 unspecified atom stereocenters. The number of nitrogens with one attached hydrogen (secondary N) is 1. The van der Waals surface area contributed by atoms with E-state index in [4.69, 9.17) is 13.8 Å². The summed E-state index contributed by atoms with van der Waals surface area (Å²) < 4.78 is 64.7. The van der Waals surface area contributed by atoms with Gasteiger partial charge < -0.3 is 19.9 Å². The van der Waals surface area contributed by atoms with Crippen LogP contribution in [0.25, 0.3) is 10.8 Å². The normalized spacial score (nSPS) is 22.2. The zero-order chi connectivity index (χ0) is 29.5. The molecule has 0 bridgehead atoms. The highest BCUT2D eigenvalue weighted by molar-refractivity contribution is 7.90. The van der Waals surface area contributed by atoms with E-state index in [1.807, 2.05) is 12.3 Å². The van der Waals surface area contributed by atoms with Crippen LogP contribution in [-0.4, -0.2) is 85.9 Å². The van der Waals surface area contributed by atoms with E-state index >= 15 is 0 Å². The van der Waals surface area contributed by atoms with Gasteiger partial charge in [-0.15, -0.1) is 0 Å². The second kappa shape index (κ2) is 10.6. The summed E-state index contributed by atoms with van der Waals surface area (Å²) in [6.45, 7) is 5.72. The van der Waals surface area contributed by atoms with Gasteiger partial charge in [-0.05, 0) is 35.4 Å². The molecule has 0 radical (unpaired) electrons. The number of piperidine rings is 1. The van der Waals surface area contributed by atoms with Crippen molar-refractivity contribution in [3.63, 3.8) is 0 Å². The Hall–Kier alpha value is -3.12. The van der Waals surface area contributed by atoms with Crippen LogP contribution in [0, 0.1) is 5.92 Å². The quantitative estimate of drug-likeness (QED) is 0.451. The molecule has 204 valence electrons. The van der Waals surface area contributed by atoms with Gasteiger partial charge in [0, 0.05) is 62.8 Å². The third-order valence-electron chi connectivity index (χ3n) is 7.01. The smallest absolute Gasteiger partial charge is 0.227 e. The summed E-state index contributed by atoms with van der Waals surface area (Å²) in [5.41, 5.74) is 1.06. The lowest BCUT2D eigenvalue weighted by atomic mass is 9.97. The first kappa shape index (κ1) is 22.8. The number of alkyl halides is 1. The molecule has 0 spiro atoms. The van der Waals surface area contributed by atoms with Gasteiger partial charge in [-0.1, -0.05) is 13.8 Å². The summed E-state index contributed by atoms with van der Waals surface area (Å²) in [7, 11) is -5.68. The number of rotatable bonds is 8. The van der Waals surface area contributed by atoms with Crippen LogP contribution in [0.3, 0.4) is 0 Å². The van der Waals surface area contributed by atoms with Crippen molar-refractivity contribution in [2.24, 2.45) is 5.92 Å². The standard InChI is InChI=1S/C26H34FN7O3S/c1-16(2)19-10-30-25(34-12-17(13-34)15-38(4,35)36)20-11-29-24(9-18(19)20)31-23-5-7-28-26(32-23)33-8-6-22(37-3)21(27)14-33/h5,7,9-11,16-17,21-22H,6,8,12-15H2,1-4H3,(H,28,29,31,32)/t21-,22+/m0/s1/i3D3. The Kier molecular flexibility index (Phi) is 6.35. The maximum absolute atomic E-state index is 14.7. The summed E-state index contributed by atoms with van der Waals surface area (Å²) in [4.78, 5) is 21.9. The lowest BCUT2D eigenvalue weighted by Crippen LogP contribution is -2.50. The third-order valence-corrected chi connectivity index (χ3v) is 8.09. The Balaban J connectivity index is 1.33. The molecule has 1 N–H and O–H groups in total. The Morgan fingerprint density at radius 3 is 2.68 bits per heavy atom. The van der Waals surface area contributed by atoms with Crippen LogP contribution in [0.5, 0.6) is 0 Å². The van der Waals surface area contributed by atoms with Gasteiger partial charge in [-0.3, -0.25) is 0 Å². The van der Waals surface area contributed by atoms with Gasteiger partial charge in [0.2, 0.25) is 5.95 Å². The van der Waals surface area contributed by atoms with Crippen molar-refractivity contribution in [1.29, 1.82) is 0 Å². The predicted molar refractivity (Wildman–Crippen MR) is 147 cm³/mol. The number of hydrogen-bond donors (Lipinski definition) is 1. The molecule has 2 fully saturated rings. The average Bonchev–Trinajstić information content (AvgIpc) is 2.85. The molecule has 12 heteroatoms. The topological polar surface area (TPSA) is 113 Å². The van der Waals surface area contributed by atoms with Crippen molar-refractivity contribution < 1.29 is 21.7 Å². The van der Waals surface area contributed by atoms with E-state index in [0.717, 1.165) is 22.2 Å². The lowest BCUT2D eigenvalue weighted by Gasteiger charge is -2.40. The molecule has 2 atom stereocenters. The van der Waals surface area contributed by atoms with E-state index in [9.17, 15) is 12.8 Å². The van der Waals surface area contributed by atoms with E-state index in [1.165, 1.54) is 6.26 Å². The van der Waals surface area contributed by atoms with Gasteiger partial charge in [-0.2, -0.15) is 4.98 Å². The zero-order valence-corrected chi connectivity index (χ0v) is 22.4. The molecule has 2 aliphatic heterocycles. The first-order valence-corrected chi connectivity index (χ1v) is 14.7. The van der Waals surface area contributed by atoms with Gasteiger partial charge in [0.15, 0.2) is 0 Å². The molecule has 3 aromatic heterocycles.